The Bertz CT molecular complexity index is 732. The van der Waals surface area contributed by atoms with E-state index in [1.807, 2.05) is 0 Å². The Morgan fingerprint density at radius 3 is 2.08 bits per heavy atom. The van der Waals surface area contributed by atoms with Crippen LogP contribution < -0.4 is 16.2 Å². The predicted molar refractivity (Wildman–Crippen MR) is 93.1 cm³/mol. The van der Waals surface area contributed by atoms with Gasteiger partial charge in [-0.1, -0.05) is 55.5 Å². The van der Waals surface area contributed by atoms with Crippen LogP contribution in [0.3, 0.4) is 0 Å². The van der Waals surface area contributed by atoms with Crippen molar-refractivity contribution in [3.8, 4) is 0 Å². The molecule has 0 aliphatic heterocycles. The first-order valence-corrected chi connectivity index (χ1v) is 7.32. The number of hydrogen-bond acceptors (Lipinski definition) is 3. The zero-order valence-corrected chi connectivity index (χ0v) is 13.2. The third-order valence-corrected chi connectivity index (χ3v) is 3.31. The molecule has 0 heterocycles. The number of hydrazine groups is 1. The van der Waals surface area contributed by atoms with Gasteiger partial charge in [0.05, 0.1) is 5.69 Å². The molecule has 140 valence electrons. The number of amides is 2. The van der Waals surface area contributed by atoms with Gasteiger partial charge in [0.2, 0.25) is 0 Å². The lowest BCUT2D eigenvalue weighted by molar-refractivity contribution is -0.174. The van der Waals surface area contributed by atoms with Crippen molar-refractivity contribution < 1.29 is 22.8 Å². The quantitative estimate of drug-likeness (QED) is 0.709. The number of carbonyl (C=O) groups is 2. The van der Waals surface area contributed by atoms with Gasteiger partial charge in [-0.25, -0.2) is 0 Å². The maximum Gasteiger partial charge on any atom is 0.471 e. The minimum Gasteiger partial charge on any atom is -0.333 e. The average Bonchev–Trinajstić information content (AvgIpc) is 2.58. The van der Waals surface area contributed by atoms with Gasteiger partial charge in [-0.3, -0.25) is 20.4 Å². The minimum absolute atomic E-state index is 0. The Kier molecular flexibility index (Phi) is 7.18. The summed E-state index contributed by atoms with van der Waals surface area (Å²) in [6.07, 6.45) is -5.09. The minimum atomic E-state index is -5.09. The van der Waals surface area contributed by atoms with Crippen LogP contribution in [0.25, 0.3) is 0 Å². The van der Waals surface area contributed by atoms with Crippen molar-refractivity contribution in [2.45, 2.75) is 26.6 Å². The van der Waals surface area contributed by atoms with Crippen LogP contribution in [0.15, 0.2) is 54.6 Å². The normalized spacial score (nSPS) is 11.7. The molecule has 2 rings (SSSR count). The summed E-state index contributed by atoms with van der Waals surface area (Å²) >= 11 is 0. The molecule has 2 aromatic carbocycles. The van der Waals surface area contributed by atoms with E-state index in [-0.39, 0.29) is 13.0 Å². The summed E-state index contributed by atoms with van der Waals surface area (Å²) in [6, 6.07) is 13.3. The van der Waals surface area contributed by atoms with Crippen molar-refractivity contribution in [2.75, 3.05) is 5.43 Å². The number of carbonyl (C=O) groups excluding carboxylic acids is 2. The van der Waals surface area contributed by atoms with Gasteiger partial charge in [0, 0.05) is 0 Å². The summed E-state index contributed by atoms with van der Waals surface area (Å²) in [5.41, 5.74) is 6.53. The molecule has 0 saturated carbocycles. The van der Waals surface area contributed by atoms with Gasteiger partial charge < -0.3 is 5.32 Å². The highest BCUT2D eigenvalue weighted by Gasteiger charge is 2.41. The molecule has 1 unspecified atom stereocenters. The molecule has 26 heavy (non-hydrogen) atoms. The van der Waals surface area contributed by atoms with Crippen molar-refractivity contribution in [1.29, 1.82) is 0 Å². The van der Waals surface area contributed by atoms with Crippen molar-refractivity contribution >= 4 is 17.5 Å². The van der Waals surface area contributed by atoms with E-state index in [0.29, 0.717) is 5.69 Å². The fraction of sp³-hybridized carbons (Fsp3) is 0.222. The zero-order valence-electron chi connectivity index (χ0n) is 13.2. The van der Waals surface area contributed by atoms with E-state index in [4.69, 9.17) is 0 Å². The summed E-state index contributed by atoms with van der Waals surface area (Å²) in [6.45, 7) is 1.80. The predicted octanol–water partition coefficient (Wildman–Crippen LogP) is 3.49. The Labute approximate surface area is 149 Å². The van der Waals surface area contributed by atoms with Gasteiger partial charge in [-0.05, 0) is 24.6 Å². The summed E-state index contributed by atoms with van der Waals surface area (Å²) in [5, 5.41) is 1.71. The topological polar surface area (TPSA) is 70.2 Å². The van der Waals surface area contributed by atoms with Crippen LogP contribution in [-0.2, 0) is 9.59 Å². The van der Waals surface area contributed by atoms with Gasteiger partial charge in [-0.15, -0.1) is 0 Å². The molecule has 0 fully saturated rings. The maximum absolute atomic E-state index is 12.5. The fourth-order valence-electron chi connectivity index (χ4n) is 2.00. The molecule has 0 aliphatic rings. The molecule has 0 saturated heterocycles. The second-order valence-corrected chi connectivity index (χ2v) is 5.30. The maximum atomic E-state index is 12.5. The zero-order chi connectivity index (χ0) is 18.4. The molecular weight excluding hydrogens is 347 g/mol. The number of rotatable bonds is 5. The molecule has 3 N–H and O–H groups in total. The second-order valence-electron chi connectivity index (χ2n) is 5.30. The first-order valence-electron chi connectivity index (χ1n) is 7.32. The highest BCUT2D eigenvalue weighted by atomic mass is 19.4. The number of hydrogen-bond donors (Lipinski definition) is 3. The van der Waals surface area contributed by atoms with Crippen molar-refractivity contribution in [2.24, 2.45) is 0 Å². The van der Waals surface area contributed by atoms with E-state index in [9.17, 15) is 22.8 Å². The summed E-state index contributed by atoms with van der Waals surface area (Å²) in [5.74, 6) is -3.02. The third kappa shape index (κ3) is 5.80. The van der Waals surface area contributed by atoms with Crippen LogP contribution >= 0.6 is 0 Å². The molecule has 1 atom stereocenters. The van der Waals surface area contributed by atoms with Crippen LogP contribution in [0.5, 0.6) is 0 Å². The summed E-state index contributed by atoms with van der Waals surface area (Å²) in [4.78, 5) is 23.6. The van der Waals surface area contributed by atoms with Gasteiger partial charge in [0.25, 0.3) is 5.91 Å². The third-order valence-electron chi connectivity index (χ3n) is 3.31. The number of aryl methyl sites for hydroxylation is 1. The van der Waals surface area contributed by atoms with E-state index in [1.165, 1.54) is 12.1 Å². The van der Waals surface area contributed by atoms with Gasteiger partial charge in [-0.2, -0.15) is 13.2 Å². The molecule has 0 spiro atoms. The molecule has 2 aromatic rings. The van der Waals surface area contributed by atoms with E-state index < -0.39 is 24.0 Å². The summed E-state index contributed by atoms with van der Waals surface area (Å²) in [7, 11) is 0. The SMILES string of the molecule is C.Cc1ccc(C(NC(=O)C(F)(F)F)C(=O)NNc2ccccc2)cc1. The molecule has 0 aliphatic carbocycles. The Morgan fingerprint density at radius 1 is 0.962 bits per heavy atom. The lowest BCUT2D eigenvalue weighted by atomic mass is 10.0. The van der Waals surface area contributed by atoms with Crippen molar-refractivity contribution in [3.63, 3.8) is 0 Å². The first-order chi connectivity index (χ1) is 11.8. The van der Waals surface area contributed by atoms with Gasteiger partial charge >= 0.3 is 12.1 Å². The average molecular weight is 367 g/mol. The standard InChI is InChI=1S/C17H16F3N3O2.CH4/c1-11-7-9-12(10-8-11)14(21-16(25)17(18,19)20)15(24)23-22-13-5-3-2-4-6-13;/h2-10,14,22H,1H3,(H,21,25)(H,23,24);1H4. The van der Waals surface area contributed by atoms with Crippen LogP contribution in [0.2, 0.25) is 0 Å². The monoisotopic (exact) mass is 367 g/mol. The van der Waals surface area contributed by atoms with E-state index >= 15 is 0 Å². The number of anilines is 1. The lowest BCUT2D eigenvalue weighted by Crippen LogP contribution is -2.46. The van der Waals surface area contributed by atoms with Crippen molar-refractivity contribution in [3.05, 3.63) is 65.7 Å². The molecule has 0 radical (unpaired) electrons. The van der Waals surface area contributed by atoms with E-state index in [0.717, 1.165) is 5.56 Å². The van der Waals surface area contributed by atoms with E-state index in [1.54, 1.807) is 54.7 Å². The van der Waals surface area contributed by atoms with Crippen LogP contribution in [0.1, 0.15) is 24.6 Å². The van der Waals surface area contributed by atoms with Crippen LogP contribution in [0.4, 0.5) is 18.9 Å². The Hall–Kier alpha value is -3.03. The number of benzene rings is 2. The Balaban J connectivity index is 0.00000338. The first kappa shape index (κ1) is 21.0. The number of alkyl halides is 3. The molecule has 2 amide bonds. The molecule has 5 nitrogen and oxygen atoms in total. The molecule has 8 heteroatoms. The van der Waals surface area contributed by atoms with Crippen LogP contribution in [-0.4, -0.2) is 18.0 Å². The van der Waals surface area contributed by atoms with E-state index in [2.05, 4.69) is 10.9 Å². The smallest absolute Gasteiger partial charge is 0.333 e. The highest BCUT2D eigenvalue weighted by Crippen LogP contribution is 2.19. The molecular formula is C18H20F3N3O2. The van der Waals surface area contributed by atoms with Crippen LogP contribution in [0, 0.1) is 6.92 Å². The second kappa shape index (κ2) is 8.89. The number of nitrogens with one attached hydrogen (secondary N) is 3. The lowest BCUT2D eigenvalue weighted by Gasteiger charge is -2.20. The fourth-order valence-corrected chi connectivity index (χ4v) is 2.00. The molecule has 0 bridgehead atoms. The largest absolute Gasteiger partial charge is 0.471 e. The number of halogens is 3. The molecule has 0 aromatic heterocycles. The number of para-hydroxylation sites is 1. The van der Waals surface area contributed by atoms with Gasteiger partial charge in [0.1, 0.15) is 6.04 Å². The highest BCUT2D eigenvalue weighted by molar-refractivity contribution is 5.91. The summed E-state index contributed by atoms with van der Waals surface area (Å²) < 4.78 is 37.6. The van der Waals surface area contributed by atoms with Gasteiger partial charge in [0.15, 0.2) is 0 Å². The Morgan fingerprint density at radius 2 is 1.54 bits per heavy atom. The van der Waals surface area contributed by atoms with Crippen molar-refractivity contribution in [1.82, 2.24) is 10.7 Å².